The third-order valence-corrected chi connectivity index (χ3v) is 7.43. The summed E-state index contributed by atoms with van der Waals surface area (Å²) in [6.45, 7) is 8.43. The summed E-state index contributed by atoms with van der Waals surface area (Å²) in [6.07, 6.45) is 11.6. The number of aromatic amines is 1. The molecule has 0 saturated heterocycles. The minimum absolute atomic E-state index is 0.197. The number of hydrogen-bond acceptors (Lipinski definition) is 5. The maximum absolute atomic E-state index is 12.5. The Labute approximate surface area is 223 Å². The molecule has 1 aliphatic heterocycles. The molecule has 38 heavy (non-hydrogen) atoms. The second-order valence-corrected chi connectivity index (χ2v) is 10.9. The van der Waals surface area contributed by atoms with E-state index in [2.05, 4.69) is 77.0 Å². The molecule has 3 heterocycles. The number of aryl methyl sites for hydroxylation is 3. The molecule has 2 aromatic carbocycles. The molecule has 4 aromatic rings. The molecule has 1 atom stereocenters. The normalized spacial score (nSPS) is 17.1. The van der Waals surface area contributed by atoms with Crippen molar-refractivity contribution in [1.82, 2.24) is 30.1 Å². The van der Waals surface area contributed by atoms with E-state index in [4.69, 9.17) is 0 Å². The van der Waals surface area contributed by atoms with Crippen LogP contribution in [0.3, 0.4) is 0 Å². The summed E-state index contributed by atoms with van der Waals surface area (Å²) in [6, 6.07) is 12.6. The number of hydrogen-bond donors (Lipinski definition) is 2. The molecule has 0 amide bonds. The second kappa shape index (κ2) is 10.9. The van der Waals surface area contributed by atoms with Crippen LogP contribution >= 0.6 is 0 Å². The highest BCUT2D eigenvalue weighted by Gasteiger charge is 2.21. The zero-order valence-corrected chi connectivity index (χ0v) is 22.8. The Hall–Kier alpha value is -3.78. The third-order valence-electron chi connectivity index (χ3n) is 7.43. The van der Waals surface area contributed by atoms with Gasteiger partial charge in [0.15, 0.2) is 0 Å². The molecule has 8 heteroatoms. The van der Waals surface area contributed by atoms with E-state index in [9.17, 15) is 4.79 Å². The lowest BCUT2D eigenvalue weighted by Gasteiger charge is -2.25. The van der Waals surface area contributed by atoms with E-state index in [-0.39, 0.29) is 11.1 Å². The van der Waals surface area contributed by atoms with E-state index in [1.165, 1.54) is 38.0 Å². The zero-order valence-electron chi connectivity index (χ0n) is 22.8. The van der Waals surface area contributed by atoms with Gasteiger partial charge in [0, 0.05) is 41.5 Å². The van der Waals surface area contributed by atoms with Crippen LogP contribution in [-0.4, -0.2) is 44.1 Å². The molecular weight excluding hydrogens is 474 g/mol. The van der Waals surface area contributed by atoms with Crippen molar-refractivity contribution in [1.29, 1.82) is 0 Å². The first-order chi connectivity index (χ1) is 18.3. The first-order valence-electron chi connectivity index (χ1n) is 13.5. The number of allylic oxidation sites excluding steroid dienone is 1. The lowest BCUT2D eigenvalue weighted by atomic mass is 9.82. The van der Waals surface area contributed by atoms with Gasteiger partial charge in [-0.25, -0.2) is 4.79 Å². The van der Waals surface area contributed by atoms with Crippen molar-refractivity contribution in [3.8, 4) is 16.9 Å². The van der Waals surface area contributed by atoms with E-state index in [1.54, 1.807) is 7.05 Å². The van der Waals surface area contributed by atoms with E-state index in [0.717, 1.165) is 55.4 Å². The highest BCUT2D eigenvalue weighted by Crippen LogP contribution is 2.33. The van der Waals surface area contributed by atoms with Crippen LogP contribution in [0, 0.1) is 19.3 Å². The summed E-state index contributed by atoms with van der Waals surface area (Å²) in [5.74, 6) is 0. The predicted molar refractivity (Wildman–Crippen MR) is 154 cm³/mol. The minimum Gasteiger partial charge on any atom is -0.354 e. The highest BCUT2D eigenvalue weighted by molar-refractivity contribution is 5.92. The first-order valence-corrected chi connectivity index (χ1v) is 13.5. The van der Waals surface area contributed by atoms with Crippen molar-refractivity contribution in [3.63, 3.8) is 0 Å². The molecule has 1 aliphatic rings. The average molecular weight is 512 g/mol. The van der Waals surface area contributed by atoms with Gasteiger partial charge in [-0.15, -0.1) is 0 Å². The van der Waals surface area contributed by atoms with Crippen LogP contribution in [-0.2, 0) is 13.5 Å². The van der Waals surface area contributed by atoms with E-state index in [0.29, 0.717) is 5.69 Å². The van der Waals surface area contributed by atoms with Gasteiger partial charge in [-0.1, -0.05) is 36.6 Å². The van der Waals surface area contributed by atoms with Crippen LogP contribution in [0.4, 0.5) is 0 Å². The Bertz CT molecular complexity index is 1530. The Morgan fingerprint density at radius 1 is 1.05 bits per heavy atom. The summed E-state index contributed by atoms with van der Waals surface area (Å²) >= 11 is 0. The number of aliphatic imine (C=N–C) groups is 1. The molecule has 1 unspecified atom stereocenters. The monoisotopic (exact) mass is 511 g/mol. The number of H-pyrrole nitrogens is 1. The lowest BCUT2D eigenvalue weighted by Crippen LogP contribution is -2.22. The van der Waals surface area contributed by atoms with Gasteiger partial charge in [0.1, 0.15) is 0 Å². The second-order valence-electron chi connectivity index (χ2n) is 10.9. The van der Waals surface area contributed by atoms with E-state index in [1.807, 2.05) is 24.4 Å². The van der Waals surface area contributed by atoms with Gasteiger partial charge in [-0.05, 0) is 105 Å². The maximum atomic E-state index is 12.5. The molecular formula is C30H37N7O. The van der Waals surface area contributed by atoms with Gasteiger partial charge in [0.05, 0.1) is 5.69 Å². The van der Waals surface area contributed by atoms with Crippen molar-refractivity contribution >= 4 is 17.1 Å². The Kier molecular flexibility index (Phi) is 7.42. The van der Waals surface area contributed by atoms with Crippen molar-refractivity contribution in [3.05, 3.63) is 75.8 Å². The molecule has 0 spiro atoms. The summed E-state index contributed by atoms with van der Waals surface area (Å²) in [4.78, 5) is 20.5. The number of unbranched alkanes of at least 4 members (excludes halogenated alkanes) is 1. The summed E-state index contributed by atoms with van der Waals surface area (Å²) in [7, 11) is 1.61. The van der Waals surface area contributed by atoms with E-state index >= 15 is 0 Å². The number of tetrazole rings is 1. The zero-order chi connectivity index (χ0) is 26.7. The molecule has 2 N–H and O–H groups in total. The molecule has 0 saturated carbocycles. The molecule has 2 aromatic heterocycles. The Morgan fingerprint density at radius 3 is 2.58 bits per heavy atom. The summed E-state index contributed by atoms with van der Waals surface area (Å²) in [5, 5.41) is 12.7. The molecule has 8 nitrogen and oxygen atoms in total. The molecule has 198 valence electrons. The quantitative estimate of drug-likeness (QED) is 0.292. The summed E-state index contributed by atoms with van der Waals surface area (Å²) in [5.41, 5.74) is 7.73. The van der Waals surface area contributed by atoms with Crippen LogP contribution in [0.15, 0.2) is 58.5 Å². The Balaban J connectivity index is 1.34. The minimum atomic E-state index is -0.262. The third kappa shape index (κ3) is 5.55. The number of nitrogens with zero attached hydrogens (tertiary/aromatic N) is 5. The van der Waals surface area contributed by atoms with Gasteiger partial charge < -0.3 is 10.3 Å². The van der Waals surface area contributed by atoms with Crippen LogP contribution < -0.4 is 11.0 Å². The largest absolute Gasteiger partial charge is 0.368 e. The van der Waals surface area contributed by atoms with Crippen molar-refractivity contribution in [2.24, 2.45) is 17.5 Å². The average Bonchev–Trinajstić information content (AvgIpc) is 3.42. The van der Waals surface area contributed by atoms with Gasteiger partial charge in [-0.3, -0.25) is 4.99 Å². The van der Waals surface area contributed by atoms with Crippen LogP contribution in [0.25, 0.3) is 27.8 Å². The van der Waals surface area contributed by atoms with Crippen LogP contribution in [0.5, 0.6) is 0 Å². The standard InChI is InChI=1S/C30H37N7O/c1-21-16-22(2)18-23(17-21)28-25(10-15-31-13-6-5-11-30(3)12-7-14-32-20-30)26-19-24(8-9-27(26)33-28)37-29(38)36(4)34-35-37/h7-9,14,16-20,31,33H,5-6,10-13,15H2,1-4H3. The Morgan fingerprint density at radius 2 is 1.87 bits per heavy atom. The molecule has 0 fully saturated rings. The number of benzene rings is 2. The SMILES string of the molecule is Cc1cc(C)cc(-c2[nH]c3ccc(-n4nnn(C)c4=O)cc3c2CCNCCCCC2(C)C=NC=CC2)c1. The maximum Gasteiger partial charge on any atom is 0.368 e. The van der Waals surface area contributed by atoms with Crippen LogP contribution in [0.2, 0.25) is 0 Å². The van der Waals surface area contributed by atoms with Crippen molar-refractivity contribution in [2.75, 3.05) is 13.1 Å². The number of fused-ring (bicyclic) bond motifs is 1. The summed E-state index contributed by atoms with van der Waals surface area (Å²) < 4.78 is 2.59. The number of rotatable bonds is 10. The predicted octanol–water partition coefficient (Wildman–Crippen LogP) is 5.03. The molecule has 0 radical (unpaired) electrons. The van der Waals surface area contributed by atoms with Gasteiger partial charge in [-0.2, -0.15) is 9.36 Å². The first kappa shape index (κ1) is 25.9. The molecule has 0 bridgehead atoms. The fourth-order valence-corrected chi connectivity index (χ4v) is 5.41. The van der Waals surface area contributed by atoms with Gasteiger partial charge in [0.2, 0.25) is 0 Å². The smallest absolute Gasteiger partial charge is 0.354 e. The number of aromatic nitrogens is 5. The highest BCUT2D eigenvalue weighted by atomic mass is 16.2. The molecule has 5 rings (SSSR count). The van der Waals surface area contributed by atoms with Crippen LogP contribution in [0.1, 0.15) is 49.3 Å². The lowest BCUT2D eigenvalue weighted by molar-refractivity contribution is 0.413. The molecule has 0 aliphatic carbocycles. The van der Waals surface area contributed by atoms with Crippen molar-refractivity contribution in [2.45, 2.75) is 52.9 Å². The van der Waals surface area contributed by atoms with Gasteiger partial charge in [0.25, 0.3) is 0 Å². The fourth-order valence-electron chi connectivity index (χ4n) is 5.41. The fraction of sp³-hybridized carbons (Fsp3) is 0.400. The van der Waals surface area contributed by atoms with E-state index < -0.39 is 0 Å². The topological polar surface area (TPSA) is 92.9 Å². The number of nitrogens with one attached hydrogen (secondary N) is 2. The van der Waals surface area contributed by atoms with Gasteiger partial charge >= 0.3 is 5.69 Å². The van der Waals surface area contributed by atoms with Crippen molar-refractivity contribution < 1.29 is 0 Å².